The Morgan fingerprint density at radius 2 is 1.86 bits per heavy atom. The minimum Gasteiger partial charge on any atom is -0.324 e. The average Bonchev–Trinajstić information content (AvgIpc) is 3.29. The second-order valence-corrected chi connectivity index (χ2v) is 8.52. The van der Waals surface area contributed by atoms with Crippen LogP contribution in [0.2, 0.25) is 0 Å². The van der Waals surface area contributed by atoms with Crippen molar-refractivity contribution in [3.63, 3.8) is 0 Å². The van der Waals surface area contributed by atoms with Gasteiger partial charge < -0.3 is 10.3 Å². The lowest BCUT2D eigenvalue weighted by molar-refractivity contribution is -0.116. The number of anilines is 1. The van der Waals surface area contributed by atoms with Gasteiger partial charge in [0.1, 0.15) is 12.6 Å². The van der Waals surface area contributed by atoms with Gasteiger partial charge in [0.15, 0.2) is 5.82 Å². The third-order valence-electron chi connectivity index (χ3n) is 5.73. The molecule has 0 aliphatic heterocycles. The number of benzene rings is 3. The monoisotopic (exact) mass is 486 g/mol. The first kappa shape index (κ1) is 23.5. The lowest BCUT2D eigenvalue weighted by atomic mass is 10.1. The number of carbonyl (C=O) groups excluding carboxylic acids is 1. The van der Waals surface area contributed by atoms with Crippen LogP contribution < -0.4 is 10.9 Å². The number of aryl methyl sites for hydroxylation is 1. The van der Waals surface area contributed by atoms with Crippen molar-refractivity contribution in [2.75, 3.05) is 5.32 Å². The number of carbonyl (C=O) groups is 1. The van der Waals surface area contributed by atoms with E-state index >= 15 is 0 Å². The third kappa shape index (κ3) is 5.21. The zero-order chi connectivity index (χ0) is 25.8. The van der Waals surface area contributed by atoms with E-state index in [1.807, 2.05) is 61.5 Å². The molecule has 2 N–H and O–H groups in total. The molecule has 180 valence electrons. The number of H-pyrrole nitrogens is 1. The van der Waals surface area contributed by atoms with Crippen molar-refractivity contribution in [3.05, 3.63) is 112 Å². The Balaban J connectivity index is 1.52. The highest BCUT2D eigenvalue weighted by molar-refractivity contribution is 5.92. The first-order chi connectivity index (χ1) is 18.0. The van der Waals surface area contributed by atoms with Crippen molar-refractivity contribution in [2.24, 2.45) is 0 Å². The van der Waals surface area contributed by atoms with E-state index in [0.717, 1.165) is 11.1 Å². The topological polar surface area (TPSA) is 116 Å². The molecular formula is C29H22N6O2. The molecule has 0 aliphatic carbocycles. The van der Waals surface area contributed by atoms with Gasteiger partial charge in [-0.3, -0.25) is 14.3 Å². The van der Waals surface area contributed by atoms with E-state index in [0.29, 0.717) is 27.8 Å². The number of hydrogen-bond acceptors (Lipinski definition) is 5. The van der Waals surface area contributed by atoms with Gasteiger partial charge in [-0.15, -0.1) is 0 Å². The maximum absolute atomic E-state index is 12.7. The zero-order valence-corrected chi connectivity index (χ0v) is 20.0. The summed E-state index contributed by atoms with van der Waals surface area (Å²) >= 11 is 0. The number of nitrogens with zero attached hydrogens (tertiary/aromatic N) is 4. The van der Waals surface area contributed by atoms with Gasteiger partial charge in [-0.05, 0) is 42.8 Å². The third-order valence-corrected chi connectivity index (χ3v) is 5.73. The predicted octanol–water partition coefficient (Wildman–Crippen LogP) is 4.80. The largest absolute Gasteiger partial charge is 0.324 e. The van der Waals surface area contributed by atoms with Crippen LogP contribution in [0.3, 0.4) is 0 Å². The molecule has 8 nitrogen and oxygen atoms in total. The van der Waals surface area contributed by atoms with Crippen LogP contribution in [-0.4, -0.2) is 25.7 Å². The molecule has 37 heavy (non-hydrogen) atoms. The van der Waals surface area contributed by atoms with E-state index in [-0.39, 0.29) is 29.4 Å². The number of nitriles is 1. The lowest BCUT2D eigenvalue weighted by Gasteiger charge is -2.06. The van der Waals surface area contributed by atoms with Crippen molar-refractivity contribution in [3.8, 4) is 17.3 Å². The summed E-state index contributed by atoms with van der Waals surface area (Å²) in [6, 6.07) is 26.1. The summed E-state index contributed by atoms with van der Waals surface area (Å²) < 4.78 is 1.53. The van der Waals surface area contributed by atoms with Crippen LogP contribution in [0.25, 0.3) is 33.8 Å². The molecule has 0 spiro atoms. The number of fused-ring (bicyclic) bond motifs is 1. The van der Waals surface area contributed by atoms with Crippen molar-refractivity contribution >= 4 is 34.1 Å². The molecule has 0 atom stereocenters. The number of hydrogen-bond donors (Lipinski definition) is 2. The number of aromatic amines is 1. The molecule has 2 aromatic heterocycles. The van der Waals surface area contributed by atoms with E-state index in [9.17, 15) is 14.9 Å². The van der Waals surface area contributed by atoms with Crippen LogP contribution in [0.1, 0.15) is 17.0 Å². The maximum Gasteiger partial charge on any atom is 0.259 e. The molecule has 3 aromatic carbocycles. The van der Waals surface area contributed by atoms with E-state index < -0.39 is 0 Å². The molecule has 0 saturated carbocycles. The van der Waals surface area contributed by atoms with Gasteiger partial charge in [-0.25, -0.2) is 4.98 Å². The Kier molecular flexibility index (Phi) is 6.43. The first-order valence-corrected chi connectivity index (χ1v) is 11.6. The minimum atomic E-state index is -0.325. The molecule has 0 radical (unpaired) electrons. The Morgan fingerprint density at radius 3 is 2.65 bits per heavy atom. The number of allylic oxidation sites excluding steroid dienone is 1. The smallest absolute Gasteiger partial charge is 0.259 e. The predicted molar refractivity (Wildman–Crippen MR) is 143 cm³/mol. The van der Waals surface area contributed by atoms with E-state index in [1.165, 1.54) is 4.68 Å². The lowest BCUT2D eigenvalue weighted by Crippen LogP contribution is -2.19. The molecule has 0 bridgehead atoms. The van der Waals surface area contributed by atoms with Crippen LogP contribution in [0.15, 0.2) is 89.9 Å². The summed E-state index contributed by atoms with van der Waals surface area (Å²) in [5, 5.41) is 17.9. The summed E-state index contributed by atoms with van der Waals surface area (Å²) in [6.07, 6.45) is 3.33. The van der Waals surface area contributed by atoms with E-state index in [2.05, 4.69) is 26.5 Å². The number of amides is 1. The van der Waals surface area contributed by atoms with Crippen LogP contribution in [0, 0.1) is 18.3 Å². The van der Waals surface area contributed by atoms with Crippen LogP contribution in [0.5, 0.6) is 0 Å². The van der Waals surface area contributed by atoms with Crippen LogP contribution in [0.4, 0.5) is 5.69 Å². The SMILES string of the molecule is Cc1cccc(NC(=O)Cn2cc(C=C(C#N)c3nc4ccccc4c(=O)[nH]3)c(-c3ccccc3)n2)c1. The molecule has 0 fully saturated rings. The fraction of sp³-hybridized carbons (Fsp3) is 0.0690. The summed E-state index contributed by atoms with van der Waals surface area (Å²) in [7, 11) is 0. The van der Waals surface area contributed by atoms with E-state index in [4.69, 9.17) is 0 Å². The number of rotatable bonds is 6. The Hall–Kier alpha value is -5.29. The quantitative estimate of drug-likeness (QED) is 0.335. The molecular weight excluding hydrogens is 464 g/mol. The van der Waals surface area contributed by atoms with Crippen molar-refractivity contribution in [1.29, 1.82) is 5.26 Å². The number of para-hydroxylation sites is 1. The normalized spacial score (nSPS) is 11.3. The Labute approximate surface area is 212 Å². The molecule has 5 aromatic rings. The second kappa shape index (κ2) is 10.1. The van der Waals surface area contributed by atoms with Gasteiger partial charge in [0.25, 0.3) is 5.56 Å². The fourth-order valence-electron chi connectivity index (χ4n) is 4.04. The van der Waals surface area contributed by atoms with Gasteiger partial charge in [-0.2, -0.15) is 10.4 Å². The second-order valence-electron chi connectivity index (χ2n) is 8.52. The molecule has 1 amide bonds. The molecule has 0 aliphatic rings. The van der Waals surface area contributed by atoms with Crippen LogP contribution >= 0.6 is 0 Å². The van der Waals surface area contributed by atoms with Crippen molar-refractivity contribution in [1.82, 2.24) is 19.7 Å². The number of aromatic nitrogens is 4. The highest BCUT2D eigenvalue weighted by Crippen LogP contribution is 2.26. The summed E-state index contributed by atoms with van der Waals surface area (Å²) in [6.45, 7) is 1.94. The summed E-state index contributed by atoms with van der Waals surface area (Å²) in [5.41, 5.74) is 4.12. The molecule has 5 rings (SSSR count). The highest BCUT2D eigenvalue weighted by Gasteiger charge is 2.15. The standard InChI is InChI=1S/C29H22N6O2/c1-19-8-7-11-23(14-19)31-26(36)18-35-17-22(27(34-35)20-9-3-2-4-10-20)15-21(16-30)28-32-25-13-6-5-12-24(25)29(37)33-28/h2-15,17H,18H2,1H3,(H,31,36)(H,32,33,37). The van der Waals surface area contributed by atoms with Gasteiger partial charge in [0.2, 0.25) is 5.91 Å². The van der Waals surface area contributed by atoms with Gasteiger partial charge >= 0.3 is 0 Å². The average molecular weight is 487 g/mol. The highest BCUT2D eigenvalue weighted by atomic mass is 16.2. The Bertz CT molecular complexity index is 1740. The first-order valence-electron chi connectivity index (χ1n) is 11.6. The number of nitrogens with one attached hydrogen (secondary N) is 2. The van der Waals surface area contributed by atoms with Crippen molar-refractivity contribution in [2.45, 2.75) is 13.5 Å². The van der Waals surface area contributed by atoms with Gasteiger partial charge in [-0.1, -0.05) is 54.6 Å². The minimum absolute atomic E-state index is 0.0193. The van der Waals surface area contributed by atoms with Gasteiger partial charge in [0.05, 0.1) is 22.2 Å². The van der Waals surface area contributed by atoms with Crippen molar-refractivity contribution < 1.29 is 4.79 Å². The van der Waals surface area contributed by atoms with Gasteiger partial charge in [0, 0.05) is 23.0 Å². The molecule has 0 saturated heterocycles. The molecule has 2 heterocycles. The van der Waals surface area contributed by atoms with Crippen LogP contribution in [-0.2, 0) is 11.3 Å². The molecule has 0 unspecified atom stereocenters. The summed E-state index contributed by atoms with van der Waals surface area (Å²) in [5.74, 6) is -0.0700. The summed E-state index contributed by atoms with van der Waals surface area (Å²) in [4.78, 5) is 32.5. The molecule has 8 heteroatoms. The van der Waals surface area contributed by atoms with E-state index in [1.54, 1.807) is 36.5 Å². The fourth-order valence-corrected chi connectivity index (χ4v) is 4.04. The maximum atomic E-state index is 12.7. The Morgan fingerprint density at radius 1 is 1.08 bits per heavy atom. The zero-order valence-electron chi connectivity index (χ0n) is 20.0.